The highest BCUT2D eigenvalue weighted by Crippen LogP contribution is 2.23. The molecule has 14 heavy (non-hydrogen) atoms. The van der Waals surface area contributed by atoms with Crippen molar-refractivity contribution in [2.45, 2.75) is 19.3 Å². The minimum Gasteiger partial charge on any atom is -0.366 e. The molecular weight excluding hydrogens is 174 g/mol. The summed E-state index contributed by atoms with van der Waals surface area (Å²) < 4.78 is 0. The molecule has 0 unspecified atom stereocenters. The summed E-state index contributed by atoms with van der Waals surface area (Å²) in [4.78, 5) is 10.5. The highest BCUT2D eigenvalue weighted by atomic mass is 16.1. The first-order valence-corrected chi connectivity index (χ1v) is 4.85. The van der Waals surface area contributed by atoms with Gasteiger partial charge in [0.1, 0.15) is 0 Å². The van der Waals surface area contributed by atoms with Crippen molar-refractivity contribution >= 4 is 12.0 Å². The fourth-order valence-electron chi connectivity index (χ4n) is 1.87. The van der Waals surface area contributed by atoms with Crippen LogP contribution in [0.3, 0.4) is 0 Å². The Bertz CT molecular complexity index is 393. The Morgan fingerprint density at radius 2 is 2.07 bits per heavy atom. The van der Waals surface area contributed by atoms with E-state index in [-0.39, 0.29) is 0 Å². The number of amides is 1. The monoisotopic (exact) mass is 187 g/mol. The Kier molecular flexibility index (Phi) is 2.35. The molecule has 0 radical (unpaired) electrons. The number of carbonyl (C=O) groups is 1. The minimum absolute atomic E-state index is 0.398. The van der Waals surface area contributed by atoms with Gasteiger partial charge in [-0.2, -0.15) is 0 Å². The third-order valence-electron chi connectivity index (χ3n) is 2.56. The van der Waals surface area contributed by atoms with Crippen LogP contribution in [0.4, 0.5) is 0 Å². The van der Waals surface area contributed by atoms with Crippen LogP contribution >= 0.6 is 0 Å². The van der Waals surface area contributed by atoms with E-state index in [1.54, 1.807) is 6.08 Å². The number of nitrogens with two attached hydrogens (primary N) is 1. The van der Waals surface area contributed by atoms with Crippen molar-refractivity contribution in [2.24, 2.45) is 5.73 Å². The predicted octanol–water partition coefficient (Wildman–Crippen LogP) is 1.67. The summed E-state index contributed by atoms with van der Waals surface area (Å²) in [5.74, 6) is -0.398. The average Bonchev–Trinajstić information content (AvgIpc) is 2.61. The van der Waals surface area contributed by atoms with E-state index in [0.717, 1.165) is 12.0 Å². The van der Waals surface area contributed by atoms with Gasteiger partial charge in [0.05, 0.1) is 0 Å². The normalized spacial score (nSPS) is 14.6. The van der Waals surface area contributed by atoms with Crippen LogP contribution in [0.15, 0.2) is 24.3 Å². The van der Waals surface area contributed by atoms with Gasteiger partial charge in [-0.15, -0.1) is 0 Å². The number of fused-ring (bicyclic) bond motifs is 1. The molecule has 2 N–H and O–H groups in total. The molecule has 1 aromatic rings. The Labute approximate surface area is 83.4 Å². The summed E-state index contributed by atoms with van der Waals surface area (Å²) in [6.07, 6.45) is 6.76. The molecule has 1 amide bonds. The lowest BCUT2D eigenvalue weighted by atomic mass is 10.1. The quantitative estimate of drug-likeness (QED) is 0.703. The average molecular weight is 187 g/mol. The van der Waals surface area contributed by atoms with Gasteiger partial charge in [-0.3, -0.25) is 4.79 Å². The molecule has 0 aromatic heterocycles. The van der Waals surface area contributed by atoms with E-state index < -0.39 is 5.91 Å². The van der Waals surface area contributed by atoms with Crippen molar-refractivity contribution in [1.29, 1.82) is 0 Å². The van der Waals surface area contributed by atoms with Crippen LogP contribution in [-0.2, 0) is 17.6 Å². The van der Waals surface area contributed by atoms with Gasteiger partial charge in [0.15, 0.2) is 0 Å². The topological polar surface area (TPSA) is 43.1 Å². The van der Waals surface area contributed by atoms with Gasteiger partial charge in [-0.05, 0) is 42.0 Å². The van der Waals surface area contributed by atoms with E-state index >= 15 is 0 Å². The van der Waals surface area contributed by atoms with E-state index in [4.69, 9.17) is 5.73 Å². The molecule has 0 saturated carbocycles. The number of rotatable bonds is 2. The van der Waals surface area contributed by atoms with Crippen molar-refractivity contribution in [1.82, 2.24) is 0 Å². The Hall–Kier alpha value is -1.57. The lowest BCUT2D eigenvalue weighted by molar-refractivity contribution is -0.113. The van der Waals surface area contributed by atoms with Crippen LogP contribution in [0.25, 0.3) is 6.08 Å². The summed E-state index contributed by atoms with van der Waals surface area (Å²) in [6.45, 7) is 0. The second-order valence-corrected chi connectivity index (χ2v) is 3.62. The smallest absolute Gasteiger partial charge is 0.241 e. The lowest BCUT2D eigenvalue weighted by Crippen LogP contribution is -2.05. The third-order valence-corrected chi connectivity index (χ3v) is 2.56. The second-order valence-electron chi connectivity index (χ2n) is 3.62. The zero-order chi connectivity index (χ0) is 9.97. The molecule has 0 heterocycles. The van der Waals surface area contributed by atoms with Gasteiger partial charge in [-0.1, -0.05) is 18.2 Å². The van der Waals surface area contributed by atoms with Gasteiger partial charge in [0, 0.05) is 6.08 Å². The highest BCUT2D eigenvalue weighted by Gasteiger charge is 2.09. The molecule has 0 fully saturated rings. The zero-order valence-electron chi connectivity index (χ0n) is 7.99. The SMILES string of the molecule is NC(=O)C=Cc1ccc2c(c1)CCC2. The molecular formula is C12H13NO. The first-order valence-electron chi connectivity index (χ1n) is 4.85. The number of hydrogen-bond acceptors (Lipinski definition) is 1. The fourth-order valence-corrected chi connectivity index (χ4v) is 1.87. The van der Waals surface area contributed by atoms with Gasteiger partial charge in [0.25, 0.3) is 0 Å². The zero-order valence-corrected chi connectivity index (χ0v) is 7.99. The predicted molar refractivity (Wildman–Crippen MR) is 56.7 cm³/mol. The molecule has 1 aliphatic carbocycles. The maximum atomic E-state index is 10.5. The lowest BCUT2D eigenvalue weighted by Gasteiger charge is -1.99. The van der Waals surface area contributed by atoms with Crippen LogP contribution in [-0.4, -0.2) is 5.91 Å². The van der Waals surface area contributed by atoms with Crippen molar-refractivity contribution in [2.75, 3.05) is 0 Å². The molecule has 2 rings (SSSR count). The molecule has 0 spiro atoms. The molecule has 2 heteroatoms. The number of hydrogen-bond donors (Lipinski definition) is 1. The maximum Gasteiger partial charge on any atom is 0.241 e. The van der Waals surface area contributed by atoms with Gasteiger partial charge in [-0.25, -0.2) is 0 Å². The highest BCUT2D eigenvalue weighted by molar-refractivity contribution is 5.90. The molecule has 0 atom stereocenters. The van der Waals surface area contributed by atoms with Gasteiger partial charge >= 0.3 is 0 Å². The summed E-state index contributed by atoms with van der Waals surface area (Å²) in [5, 5.41) is 0. The molecule has 0 bridgehead atoms. The molecule has 2 nitrogen and oxygen atoms in total. The standard InChI is InChI=1S/C12H13NO/c13-12(14)7-5-9-4-6-10-2-1-3-11(10)8-9/h4-8H,1-3H2,(H2,13,14). The number of aryl methyl sites for hydroxylation is 2. The first kappa shape index (κ1) is 9.00. The van der Waals surface area contributed by atoms with Gasteiger partial charge in [0.2, 0.25) is 5.91 Å². The van der Waals surface area contributed by atoms with Crippen molar-refractivity contribution < 1.29 is 4.79 Å². The van der Waals surface area contributed by atoms with Crippen LogP contribution in [0.1, 0.15) is 23.1 Å². The fraction of sp³-hybridized carbons (Fsp3) is 0.250. The molecule has 0 aliphatic heterocycles. The van der Waals surface area contributed by atoms with Crippen molar-refractivity contribution in [3.63, 3.8) is 0 Å². The van der Waals surface area contributed by atoms with E-state index in [0.29, 0.717) is 0 Å². The number of carbonyl (C=O) groups excluding carboxylic acids is 1. The Balaban J connectivity index is 2.25. The van der Waals surface area contributed by atoms with Crippen LogP contribution < -0.4 is 5.73 Å². The maximum absolute atomic E-state index is 10.5. The Morgan fingerprint density at radius 1 is 1.29 bits per heavy atom. The number of benzene rings is 1. The summed E-state index contributed by atoms with van der Waals surface area (Å²) in [5.41, 5.74) is 8.95. The summed E-state index contributed by atoms with van der Waals surface area (Å²) in [6, 6.07) is 6.31. The van der Waals surface area contributed by atoms with Gasteiger partial charge < -0.3 is 5.73 Å². The largest absolute Gasteiger partial charge is 0.366 e. The van der Waals surface area contributed by atoms with Crippen LogP contribution in [0, 0.1) is 0 Å². The van der Waals surface area contributed by atoms with Crippen molar-refractivity contribution in [3.8, 4) is 0 Å². The Morgan fingerprint density at radius 3 is 2.86 bits per heavy atom. The van der Waals surface area contributed by atoms with Crippen LogP contribution in [0.2, 0.25) is 0 Å². The van der Waals surface area contributed by atoms with E-state index in [1.165, 1.54) is 30.0 Å². The van der Waals surface area contributed by atoms with E-state index in [1.807, 2.05) is 6.07 Å². The van der Waals surface area contributed by atoms with Crippen LogP contribution in [0.5, 0.6) is 0 Å². The van der Waals surface area contributed by atoms with E-state index in [2.05, 4.69) is 12.1 Å². The van der Waals surface area contributed by atoms with Crippen molar-refractivity contribution in [3.05, 3.63) is 41.0 Å². The second kappa shape index (κ2) is 3.66. The molecule has 1 aromatic carbocycles. The molecule has 1 aliphatic rings. The third kappa shape index (κ3) is 1.84. The van der Waals surface area contributed by atoms with E-state index in [9.17, 15) is 4.79 Å². The first-order chi connectivity index (χ1) is 6.75. The minimum atomic E-state index is -0.398. The number of primary amides is 1. The molecule has 0 saturated heterocycles. The summed E-state index contributed by atoms with van der Waals surface area (Å²) >= 11 is 0. The molecule has 72 valence electrons. The summed E-state index contributed by atoms with van der Waals surface area (Å²) in [7, 11) is 0.